The summed E-state index contributed by atoms with van der Waals surface area (Å²) in [4.78, 5) is 13.8. The van der Waals surface area contributed by atoms with Crippen molar-refractivity contribution in [3.8, 4) is 0 Å². The Bertz CT molecular complexity index is 507. The first-order valence-corrected chi connectivity index (χ1v) is 7.94. The van der Waals surface area contributed by atoms with Crippen LogP contribution >= 0.6 is 0 Å². The molecule has 100 valence electrons. The summed E-state index contributed by atoms with van der Waals surface area (Å²) in [6.45, 7) is 2.72. The van der Waals surface area contributed by atoms with E-state index in [-0.39, 0.29) is 30.0 Å². The Morgan fingerprint density at radius 2 is 2.06 bits per heavy atom. The predicted molar refractivity (Wildman–Crippen MR) is 68.9 cm³/mol. The zero-order valence-electron chi connectivity index (χ0n) is 10.4. The molecule has 0 spiro atoms. The summed E-state index contributed by atoms with van der Waals surface area (Å²) in [7, 11) is -2.95. The molecule has 1 amide bonds. The van der Waals surface area contributed by atoms with Gasteiger partial charge in [-0.05, 0) is 25.5 Å². The van der Waals surface area contributed by atoms with Crippen molar-refractivity contribution in [3.05, 3.63) is 24.5 Å². The fourth-order valence-corrected chi connectivity index (χ4v) is 4.11. The summed E-state index contributed by atoms with van der Waals surface area (Å²) in [5, 5.41) is 0. The standard InChI is InChI=1S/C12H18N2O3S/c1-2-14(11-5-8-18(16,17)10-11)12(15)9-13-6-3-4-7-13/h3-4,6-7,11H,2,5,8-10H2,1H3. The highest BCUT2D eigenvalue weighted by Crippen LogP contribution is 2.18. The molecule has 1 fully saturated rings. The number of sulfone groups is 1. The molecule has 0 N–H and O–H groups in total. The minimum atomic E-state index is -2.95. The Labute approximate surface area is 107 Å². The summed E-state index contributed by atoms with van der Waals surface area (Å²) >= 11 is 0. The lowest BCUT2D eigenvalue weighted by Crippen LogP contribution is -2.42. The van der Waals surface area contributed by atoms with Crippen LogP contribution in [0.1, 0.15) is 13.3 Å². The van der Waals surface area contributed by atoms with Crippen molar-refractivity contribution in [3.63, 3.8) is 0 Å². The third kappa shape index (κ3) is 2.93. The van der Waals surface area contributed by atoms with E-state index in [0.717, 1.165) is 0 Å². The highest BCUT2D eigenvalue weighted by atomic mass is 32.2. The third-order valence-electron chi connectivity index (χ3n) is 3.29. The monoisotopic (exact) mass is 270 g/mol. The Morgan fingerprint density at radius 3 is 2.56 bits per heavy atom. The molecule has 1 aliphatic rings. The molecule has 1 saturated heterocycles. The van der Waals surface area contributed by atoms with Gasteiger partial charge in [-0.2, -0.15) is 0 Å². The number of hydrogen-bond donors (Lipinski definition) is 0. The molecule has 1 aromatic heterocycles. The van der Waals surface area contributed by atoms with Crippen LogP contribution in [0, 0.1) is 0 Å². The number of carbonyl (C=O) groups is 1. The molecule has 1 unspecified atom stereocenters. The molecule has 2 rings (SSSR count). The van der Waals surface area contributed by atoms with E-state index in [2.05, 4.69) is 0 Å². The van der Waals surface area contributed by atoms with E-state index in [0.29, 0.717) is 13.0 Å². The number of hydrogen-bond acceptors (Lipinski definition) is 3. The summed E-state index contributed by atoms with van der Waals surface area (Å²) in [6.07, 6.45) is 4.22. The zero-order chi connectivity index (χ0) is 13.2. The average Bonchev–Trinajstić information content (AvgIpc) is 2.89. The predicted octanol–water partition coefficient (Wildman–Crippen LogP) is 0.524. The smallest absolute Gasteiger partial charge is 0.242 e. The SMILES string of the molecule is CCN(C(=O)Cn1cccc1)C1CCS(=O)(=O)C1. The normalized spacial score (nSPS) is 21.9. The van der Waals surface area contributed by atoms with Gasteiger partial charge in [-0.3, -0.25) is 4.79 Å². The number of aromatic nitrogens is 1. The van der Waals surface area contributed by atoms with Crippen molar-refractivity contribution >= 4 is 15.7 Å². The fourth-order valence-electron chi connectivity index (χ4n) is 2.38. The number of amides is 1. The molecule has 18 heavy (non-hydrogen) atoms. The van der Waals surface area contributed by atoms with Crippen molar-refractivity contribution in [1.29, 1.82) is 0 Å². The van der Waals surface area contributed by atoms with E-state index in [4.69, 9.17) is 0 Å². The molecule has 6 heteroatoms. The molecule has 5 nitrogen and oxygen atoms in total. The molecule has 0 radical (unpaired) electrons. The minimum absolute atomic E-state index is 0.0178. The van der Waals surface area contributed by atoms with Gasteiger partial charge in [0, 0.05) is 25.0 Å². The van der Waals surface area contributed by atoms with Gasteiger partial charge in [0.2, 0.25) is 5.91 Å². The Balaban J connectivity index is 2.03. The van der Waals surface area contributed by atoms with Gasteiger partial charge < -0.3 is 9.47 Å². The number of carbonyl (C=O) groups excluding carboxylic acids is 1. The van der Waals surface area contributed by atoms with Gasteiger partial charge in [0.15, 0.2) is 9.84 Å². The van der Waals surface area contributed by atoms with Crippen LogP contribution in [-0.2, 0) is 21.2 Å². The van der Waals surface area contributed by atoms with Gasteiger partial charge in [0.25, 0.3) is 0 Å². The van der Waals surface area contributed by atoms with Crippen molar-refractivity contribution in [2.45, 2.75) is 25.9 Å². The van der Waals surface area contributed by atoms with Crippen LogP contribution in [0.2, 0.25) is 0 Å². The van der Waals surface area contributed by atoms with Crippen LogP contribution in [0.3, 0.4) is 0 Å². The molecule has 1 aliphatic heterocycles. The van der Waals surface area contributed by atoms with E-state index in [9.17, 15) is 13.2 Å². The van der Waals surface area contributed by atoms with Gasteiger partial charge in [-0.25, -0.2) is 8.42 Å². The van der Waals surface area contributed by atoms with Crippen LogP contribution in [-0.4, -0.2) is 47.9 Å². The van der Waals surface area contributed by atoms with Crippen molar-refractivity contribution in [2.75, 3.05) is 18.1 Å². The molecule has 0 saturated carbocycles. The van der Waals surface area contributed by atoms with Gasteiger partial charge in [0.1, 0.15) is 6.54 Å². The van der Waals surface area contributed by atoms with E-state index >= 15 is 0 Å². The Kier molecular flexibility index (Phi) is 3.75. The molecule has 2 heterocycles. The van der Waals surface area contributed by atoms with Gasteiger partial charge in [-0.15, -0.1) is 0 Å². The molecule has 0 aliphatic carbocycles. The second-order valence-corrected chi connectivity index (χ2v) is 6.82. The molecule has 1 aromatic rings. The highest BCUT2D eigenvalue weighted by Gasteiger charge is 2.33. The fraction of sp³-hybridized carbons (Fsp3) is 0.583. The van der Waals surface area contributed by atoms with Crippen LogP contribution < -0.4 is 0 Å². The van der Waals surface area contributed by atoms with E-state index in [1.807, 2.05) is 31.5 Å². The lowest BCUT2D eigenvalue weighted by molar-refractivity contribution is -0.133. The highest BCUT2D eigenvalue weighted by molar-refractivity contribution is 7.91. The average molecular weight is 270 g/mol. The summed E-state index contributed by atoms with van der Waals surface area (Å²) in [5.74, 6) is 0.291. The molecular weight excluding hydrogens is 252 g/mol. The van der Waals surface area contributed by atoms with E-state index < -0.39 is 9.84 Å². The first-order valence-electron chi connectivity index (χ1n) is 6.12. The Morgan fingerprint density at radius 1 is 1.39 bits per heavy atom. The first kappa shape index (κ1) is 13.1. The molecular formula is C12H18N2O3S. The lowest BCUT2D eigenvalue weighted by Gasteiger charge is -2.27. The van der Waals surface area contributed by atoms with E-state index in [1.165, 1.54) is 0 Å². The summed E-state index contributed by atoms with van der Waals surface area (Å²) in [6, 6.07) is 3.58. The molecule has 0 bridgehead atoms. The van der Waals surface area contributed by atoms with Crippen LogP contribution in [0.4, 0.5) is 0 Å². The van der Waals surface area contributed by atoms with Crippen molar-refractivity contribution in [2.24, 2.45) is 0 Å². The van der Waals surface area contributed by atoms with Gasteiger partial charge in [0.05, 0.1) is 11.5 Å². The van der Waals surface area contributed by atoms with Crippen LogP contribution in [0.5, 0.6) is 0 Å². The number of rotatable bonds is 4. The maximum atomic E-state index is 12.1. The number of nitrogens with zero attached hydrogens (tertiary/aromatic N) is 2. The lowest BCUT2D eigenvalue weighted by atomic mass is 10.2. The summed E-state index contributed by atoms with van der Waals surface area (Å²) < 4.78 is 24.7. The Hall–Kier alpha value is -1.30. The largest absolute Gasteiger partial charge is 0.345 e. The number of likely N-dealkylation sites (N-methyl/N-ethyl adjacent to an activating group) is 1. The minimum Gasteiger partial charge on any atom is -0.345 e. The summed E-state index contributed by atoms with van der Waals surface area (Å²) in [5.41, 5.74) is 0. The first-order chi connectivity index (χ1) is 8.52. The zero-order valence-corrected chi connectivity index (χ0v) is 11.3. The van der Waals surface area contributed by atoms with Crippen molar-refractivity contribution < 1.29 is 13.2 Å². The van der Waals surface area contributed by atoms with Crippen LogP contribution in [0.25, 0.3) is 0 Å². The van der Waals surface area contributed by atoms with Crippen molar-refractivity contribution in [1.82, 2.24) is 9.47 Å². The molecule has 1 atom stereocenters. The maximum Gasteiger partial charge on any atom is 0.242 e. The van der Waals surface area contributed by atoms with Gasteiger partial charge in [-0.1, -0.05) is 0 Å². The topological polar surface area (TPSA) is 59.4 Å². The van der Waals surface area contributed by atoms with E-state index in [1.54, 1.807) is 9.47 Å². The quantitative estimate of drug-likeness (QED) is 0.801. The third-order valence-corrected chi connectivity index (χ3v) is 5.04. The molecule has 0 aromatic carbocycles. The second-order valence-electron chi connectivity index (χ2n) is 4.59. The maximum absolute atomic E-state index is 12.1. The van der Waals surface area contributed by atoms with Crippen LogP contribution in [0.15, 0.2) is 24.5 Å². The van der Waals surface area contributed by atoms with Gasteiger partial charge >= 0.3 is 0 Å². The second kappa shape index (κ2) is 5.14.